The molecule has 7 heteroatoms. The van der Waals surface area contributed by atoms with Gasteiger partial charge >= 0.3 is 0 Å². The average Bonchev–Trinajstić information content (AvgIpc) is 3.15. The first-order chi connectivity index (χ1) is 9.84. The number of halogens is 1. The first-order valence-electron chi connectivity index (χ1n) is 6.87. The van der Waals surface area contributed by atoms with Gasteiger partial charge in [0.05, 0.1) is 11.0 Å². The van der Waals surface area contributed by atoms with Gasteiger partial charge in [-0.1, -0.05) is 11.6 Å². The fraction of sp³-hybridized carbons (Fsp3) is 0.500. The lowest BCUT2D eigenvalue weighted by molar-refractivity contribution is 0.651. The third-order valence-corrected chi connectivity index (χ3v) is 4.84. The van der Waals surface area contributed by atoms with Crippen molar-refractivity contribution in [2.24, 2.45) is 4.40 Å². The van der Waals surface area contributed by atoms with Crippen LogP contribution in [0, 0.1) is 0 Å². The van der Waals surface area contributed by atoms with E-state index in [4.69, 9.17) is 11.6 Å². The zero-order valence-electron chi connectivity index (χ0n) is 12.2. The minimum Gasteiger partial charge on any atom is -0.234 e. The summed E-state index contributed by atoms with van der Waals surface area (Å²) >= 11 is 6.24. The molecule has 1 fully saturated rings. The van der Waals surface area contributed by atoms with Gasteiger partial charge in [0.2, 0.25) is 0 Å². The topological polar surface area (TPSA) is 59.6 Å². The molecule has 0 unspecified atom stereocenters. The van der Waals surface area contributed by atoms with E-state index in [1.165, 1.54) is 19.1 Å². The first-order valence-corrected chi connectivity index (χ1v) is 8.35. The van der Waals surface area contributed by atoms with Crippen LogP contribution < -0.4 is 0 Å². The van der Waals surface area contributed by atoms with Gasteiger partial charge in [0, 0.05) is 17.7 Å². The predicted octanol–water partition coefficient (Wildman–Crippen LogP) is 3.14. The van der Waals surface area contributed by atoms with Crippen molar-refractivity contribution in [2.75, 3.05) is 0 Å². The zero-order chi connectivity index (χ0) is 15.2. The van der Waals surface area contributed by atoms with E-state index < -0.39 is 11.0 Å². The quantitative estimate of drug-likeness (QED) is 0.643. The molecule has 21 heavy (non-hydrogen) atoms. The monoisotopic (exact) mass is 324 g/mol. The van der Waals surface area contributed by atoms with Gasteiger partial charge < -0.3 is 0 Å². The second kappa shape index (κ2) is 5.18. The summed E-state index contributed by atoms with van der Waals surface area (Å²) in [5, 5.41) is 4.87. The molecule has 0 N–H and O–H groups in total. The Morgan fingerprint density at radius 1 is 1.43 bits per heavy atom. The maximum atomic E-state index is 11.9. The van der Waals surface area contributed by atoms with Gasteiger partial charge in [-0.05, 0) is 39.7 Å². The Bertz CT molecular complexity index is 743. The van der Waals surface area contributed by atoms with Crippen LogP contribution >= 0.6 is 11.6 Å². The molecule has 0 aliphatic heterocycles. The Morgan fingerprint density at radius 3 is 2.76 bits per heavy atom. The first kappa shape index (κ1) is 14.7. The van der Waals surface area contributed by atoms with E-state index >= 15 is 0 Å². The lowest BCUT2D eigenvalue weighted by atomic mass is 10.3. The van der Waals surface area contributed by atoms with Crippen molar-refractivity contribution >= 4 is 34.4 Å². The van der Waals surface area contributed by atoms with E-state index in [1.54, 1.807) is 10.6 Å². The molecule has 1 atom stereocenters. The molecule has 1 aliphatic rings. The largest absolute Gasteiger partial charge is 0.234 e. The SMILES string of the molecule is CC(C)(C)[S@@](=O)N=Cc1cc2nc(C3CC3)cc(Cl)n2n1. The number of hydrogen-bond donors (Lipinski definition) is 0. The van der Waals surface area contributed by atoms with E-state index in [9.17, 15) is 4.21 Å². The number of fused-ring (bicyclic) bond motifs is 1. The number of aromatic nitrogens is 3. The standard InChI is InChI=1S/C14H17ClN4OS/c1-14(2,3)21(20)16-8-10-6-13-17-11(9-4-5-9)7-12(15)19(13)18-10/h6-9H,4-5H2,1-3H3/t21-/m1/s1. The number of hydrogen-bond acceptors (Lipinski definition) is 3. The molecule has 2 aromatic rings. The summed E-state index contributed by atoms with van der Waals surface area (Å²) in [6, 6.07) is 3.68. The molecule has 1 saturated carbocycles. The smallest absolute Gasteiger partial charge is 0.157 e. The summed E-state index contributed by atoms with van der Waals surface area (Å²) < 4.78 is 17.2. The van der Waals surface area contributed by atoms with Crippen LogP contribution in [0.2, 0.25) is 5.15 Å². The molecule has 0 saturated heterocycles. The van der Waals surface area contributed by atoms with Crippen molar-refractivity contribution in [3.05, 3.63) is 28.7 Å². The highest BCUT2D eigenvalue weighted by molar-refractivity contribution is 7.85. The maximum Gasteiger partial charge on any atom is 0.157 e. The van der Waals surface area contributed by atoms with E-state index in [2.05, 4.69) is 14.5 Å². The van der Waals surface area contributed by atoms with Crippen molar-refractivity contribution in [1.82, 2.24) is 14.6 Å². The summed E-state index contributed by atoms with van der Waals surface area (Å²) in [6.45, 7) is 5.64. The third-order valence-electron chi connectivity index (χ3n) is 3.22. The molecule has 5 nitrogen and oxygen atoms in total. The lowest BCUT2D eigenvalue weighted by Gasteiger charge is -2.12. The van der Waals surface area contributed by atoms with Crippen LogP contribution in [0.4, 0.5) is 0 Å². The van der Waals surface area contributed by atoms with Crippen molar-refractivity contribution in [3.8, 4) is 0 Å². The van der Waals surface area contributed by atoms with E-state index in [0.29, 0.717) is 22.4 Å². The van der Waals surface area contributed by atoms with Gasteiger partial charge in [-0.25, -0.2) is 13.7 Å². The van der Waals surface area contributed by atoms with Crippen LogP contribution in [0.5, 0.6) is 0 Å². The van der Waals surface area contributed by atoms with E-state index in [-0.39, 0.29) is 4.75 Å². The third kappa shape index (κ3) is 3.16. The van der Waals surface area contributed by atoms with Gasteiger partial charge in [0.1, 0.15) is 21.8 Å². The molecule has 0 bridgehead atoms. The summed E-state index contributed by atoms with van der Waals surface area (Å²) in [6.07, 6.45) is 3.86. The Balaban J connectivity index is 1.92. The van der Waals surface area contributed by atoms with Crippen LogP contribution in [0.15, 0.2) is 16.5 Å². The molecule has 1 aliphatic carbocycles. The van der Waals surface area contributed by atoms with Crippen LogP contribution in [-0.4, -0.2) is 29.8 Å². The van der Waals surface area contributed by atoms with Crippen molar-refractivity contribution in [2.45, 2.75) is 44.3 Å². The normalized spacial score (nSPS) is 17.7. The molecule has 0 spiro atoms. The van der Waals surface area contributed by atoms with Crippen LogP contribution in [0.1, 0.15) is 50.9 Å². The number of rotatable bonds is 3. The Kier molecular flexibility index (Phi) is 3.61. The molecule has 3 rings (SSSR count). The molecule has 0 amide bonds. The highest BCUT2D eigenvalue weighted by Gasteiger charge is 2.26. The highest BCUT2D eigenvalue weighted by Crippen LogP contribution is 2.39. The van der Waals surface area contributed by atoms with E-state index in [0.717, 1.165) is 5.69 Å². The van der Waals surface area contributed by atoms with Crippen molar-refractivity contribution in [3.63, 3.8) is 0 Å². The average molecular weight is 325 g/mol. The fourth-order valence-corrected chi connectivity index (χ4v) is 2.64. The number of nitrogens with zero attached hydrogens (tertiary/aromatic N) is 4. The Hall–Kier alpha value is -1.27. The summed E-state index contributed by atoms with van der Waals surface area (Å²) in [4.78, 5) is 4.57. The van der Waals surface area contributed by atoms with E-state index in [1.807, 2.05) is 26.8 Å². The highest BCUT2D eigenvalue weighted by atomic mass is 35.5. The fourth-order valence-electron chi connectivity index (χ4n) is 1.88. The van der Waals surface area contributed by atoms with Gasteiger partial charge in [-0.3, -0.25) is 0 Å². The molecular formula is C14H17ClN4OS. The minimum atomic E-state index is -1.30. The lowest BCUT2D eigenvalue weighted by Crippen LogP contribution is -2.19. The molecule has 0 radical (unpaired) electrons. The van der Waals surface area contributed by atoms with Gasteiger partial charge in [-0.15, -0.1) is 0 Å². The van der Waals surface area contributed by atoms with Gasteiger partial charge in [0.15, 0.2) is 5.65 Å². The van der Waals surface area contributed by atoms with Crippen LogP contribution in [-0.2, 0) is 11.0 Å². The Labute approximate surface area is 131 Å². The van der Waals surface area contributed by atoms with Crippen molar-refractivity contribution in [1.29, 1.82) is 0 Å². The second-order valence-corrected chi connectivity index (χ2v) is 8.53. The summed E-state index contributed by atoms with van der Waals surface area (Å²) in [5.41, 5.74) is 2.33. The minimum absolute atomic E-state index is 0.384. The second-order valence-electron chi connectivity index (χ2n) is 6.21. The maximum absolute atomic E-state index is 11.9. The van der Waals surface area contributed by atoms with Crippen LogP contribution in [0.3, 0.4) is 0 Å². The van der Waals surface area contributed by atoms with Crippen LogP contribution in [0.25, 0.3) is 5.65 Å². The summed E-state index contributed by atoms with van der Waals surface area (Å²) in [5.74, 6) is 0.535. The molecule has 112 valence electrons. The summed E-state index contributed by atoms with van der Waals surface area (Å²) in [7, 11) is -1.30. The molecular weight excluding hydrogens is 308 g/mol. The molecule has 2 aromatic heterocycles. The molecule has 0 aromatic carbocycles. The predicted molar refractivity (Wildman–Crippen MR) is 85.5 cm³/mol. The van der Waals surface area contributed by atoms with Gasteiger partial charge in [0.25, 0.3) is 0 Å². The zero-order valence-corrected chi connectivity index (χ0v) is 13.8. The van der Waals surface area contributed by atoms with Gasteiger partial charge in [-0.2, -0.15) is 9.50 Å². The van der Waals surface area contributed by atoms with Crippen molar-refractivity contribution < 1.29 is 4.21 Å². The molecule has 2 heterocycles. The Morgan fingerprint density at radius 2 is 2.14 bits per heavy atom.